The SMILES string of the molecule is [N-]=[N+]=NCC1=NCCO1. The van der Waals surface area contributed by atoms with E-state index in [9.17, 15) is 0 Å². The predicted octanol–water partition coefficient (Wildman–Crippen LogP) is 0.725. The van der Waals surface area contributed by atoms with Crippen LogP contribution in [0.5, 0.6) is 0 Å². The first-order valence-electron chi connectivity index (χ1n) is 2.60. The number of azide groups is 1. The Morgan fingerprint density at radius 1 is 1.89 bits per heavy atom. The normalized spacial score (nSPS) is 15.8. The highest BCUT2D eigenvalue weighted by Gasteiger charge is 2.03. The van der Waals surface area contributed by atoms with Crippen molar-refractivity contribution in [2.45, 2.75) is 0 Å². The van der Waals surface area contributed by atoms with Crippen LogP contribution in [0.1, 0.15) is 0 Å². The van der Waals surface area contributed by atoms with Crippen LogP contribution >= 0.6 is 0 Å². The fourth-order valence-corrected chi connectivity index (χ4v) is 0.567. The van der Waals surface area contributed by atoms with Crippen LogP contribution in [0.15, 0.2) is 10.1 Å². The van der Waals surface area contributed by atoms with E-state index in [1.807, 2.05) is 0 Å². The summed E-state index contributed by atoms with van der Waals surface area (Å²) in [7, 11) is 0. The summed E-state index contributed by atoms with van der Waals surface area (Å²) in [5.74, 6) is 0.549. The quantitative estimate of drug-likeness (QED) is 0.305. The fraction of sp³-hybridized carbons (Fsp3) is 0.750. The molecule has 48 valence electrons. The summed E-state index contributed by atoms with van der Waals surface area (Å²) < 4.78 is 4.94. The smallest absolute Gasteiger partial charge is 0.189 e. The summed E-state index contributed by atoms with van der Waals surface area (Å²) in [6, 6.07) is 0. The Kier molecular flexibility index (Phi) is 1.93. The van der Waals surface area contributed by atoms with Gasteiger partial charge in [-0.05, 0) is 5.53 Å². The first kappa shape index (κ1) is 5.91. The van der Waals surface area contributed by atoms with Crippen molar-refractivity contribution in [1.29, 1.82) is 0 Å². The monoisotopic (exact) mass is 126 g/mol. The molecule has 0 aromatic heterocycles. The second-order valence-corrected chi connectivity index (χ2v) is 1.51. The average molecular weight is 126 g/mol. The third kappa shape index (κ3) is 1.62. The Morgan fingerprint density at radius 3 is 3.33 bits per heavy atom. The minimum Gasteiger partial charge on any atom is -0.479 e. The molecular formula is C4H6N4O. The number of aliphatic imine (C=N–C) groups is 1. The maximum Gasteiger partial charge on any atom is 0.189 e. The zero-order valence-electron chi connectivity index (χ0n) is 4.82. The number of hydrogen-bond acceptors (Lipinski definition) is 3. The van der Waals surface area contributed by atoms with Crippen molar-refractivity contribution in [2.24, 2.45) is 10.1 Å². The number of nitrogens with zero attached hydrogens (tertiary/aromatic N) is 4. The zero-order valence-corrected chi connectivity index (χ0v) is 4.82. The molecule has 0 fully saturated rings. The van der Waals surface area contributed by atoms with Crippen LogP contribution in [0.4, 0.5) is 0 Å². The summed E-state index contributed by atoms with van der Waals surface area (Å²) in [6.07, 6.45) is 0. The Balaban J connectivity index is 2.34. The van der Waals surface area contributed by atoms with Gasteiger partial charge in [-0.1, -0.05) is 5.11 Å². The molecule has 0 amide bonds. The highest BCUT2D eigenvalue weighted by atomic mass is 16.5. The van der Waals surface area contributed by atoms with Crippen LogP contribution in [0.2, 0.25) is 0 Å². The second kappa shape index (κ2) is 2.94. The minimum absolute atomic E-state index is 0.247. The van der Waals surface area contributed by atoms with Gasteiger partial charge >= 0.3 is 0 Å². The van der Waals surface area contributed by atoms with E-state index in [0.717, 1.165) is 0 Å². The molecule has 0 atom stereocenters. The van der Waals surface area contributed by atoms with E-state index in [2.05, 4.69) is 15.0 Å². The van der Waals surface area contributed by atoms with Gasteiger partial charge in [0, 0.05) is 4.91 Å². The molecule has 5 heteroatoms. The van der Waals surface area contributed by atoms with E-state index in [1.165, 1.54) is 0 Å². The van der Waals surface area contributed by atoms with Crippen molar-refractivity contribution in [3.63, 3.8) is 0 Å². The number of hydrogen-bond donors (Lipinski definition) is 0. The van der Waals surface area contributed by atoms with Gasteiger partial charge in [0.1, 0.15) is 13.2 Å². The summed E-state index contributed by atoms with van der Waals surface area (Å²) in [6.45, 7) is 1.56. The van der Waals surface area contributed by atoms with Gasteiger partial charge in [-0.3, -0.25) is 4.99 Å². The largest absolute Gasteiger partial charge is 0.479 e. The highest BCUT2D eigenvalue weighted by molar-refractivity contribution is 5.79. The molecule has 1 rings (SSSR count). The molecule has 0 aromatic rings. The van der Waals surface area contributed by atoms with E-state index >= 15 is 0 Å². The molecule has 1 aliphatic rings. The lowest BCUT2D eigenvalue weighted by molar-refractivity contribution is 0.342. The molecule has 0 bridgehead atoms. The molecule has 0 aliphatic carbocycles. The summed E-state index contributed by atoms with van der Waals surface area (Å²) in [4.78, 5) is 6.47. The topological polar surface area (TPSA) is 70.4 Å². The molecule has 9 heavy (non-hydrogen) atoms. The molecule has 1 aliphatic heterocycles. The van der Waals surface area contributed by atoms with Gasteiger partial charge in [-0.2, -0.15) is 0 Å². The molecule has 1 heterocycles. The van der Waals surface area contributed by atoms with Crippen LogP contribution < -0.4 is 0 Å². The van der Waals surface area contributed by atoms with Crippen molar-refractivity contribution in [1.82, 2.24) is 0 Å². The minimum atomic E-state index is 0.247. The average Bonchev–Trinajstić information content (AvgIpc) is 2.34. The zero-order chi connectivity index (χ0) is 6.53. The van der Waals surface area contributed by atoms with Crippen LogP contribution in [0, 0.1) is 0 Å². The number of ether oxygens (including phenoxy) is 1. The van der Waals surface area contributed by atoms with E-state index in [1.54, 1.807) is 0 Å². The van der Waals surface area contributed by atoms with E-state index in [0.29, 0.717) is 19.0 Å². The van der Waals surface area contributed by atoms with Gasteiger partial charge in [0.05, 0.1) is 6.54 Å². The van der Waals surface area contributed by atoms with Gasteiger partial charge in [-0.25, -0.2) is 0 Å². The molecule has 0 aromatic carbocycles. The molecule has 5 nitrogen and oxygen atoms in total. The van der Waals surface area contributed by atoms with Crippen LogP contribution in [0.3, 0.4) is 0 Å². The Bertz CT molecular complexity index is 169. The van der Waals surface area contributed by atoms with Gasteiger partial charge in [-0.15, -0.1) is 0 Å². The third-order valence-corrected chi connectivity index (χ3v) is 0.917. The van der Waals surface area contributed by atoms with E-state index in [-0.39, 0.29) is 6.54 Å². The molecule has 0 N–H and O–H groups in total. The van der Waals surface area contributed by atoms with Gasteiger partial charge < -0.3 is 4.74 Å². The van der Waals surface area contributed by atoms with Crippen molar-refractivity contribution in [3.8, 4) is 0 Å². The standard InChI is InChI=1S/C4H6N4O/c5-8-7-3-4-6-1-2-9-4/h1-3H2. The van der Waals surface area contributed by atoms with Crippen molar-refractivity contribution in [2.75, 3.05) is 19.7 Å². The van der Waals surface area contributed by atoms with Crippen molar-refractivity contribution < 1.29 is 4.74 Å². The first-order chi connectivity index (χ1) is 4.43. The van der Waals surface area contributed by atoms with Gasteiger partial charge in [0.25, 0.3) is 0 Å². The lowest BCUT2D eigenvalue weighted by Gasteiger charge is -1.92. The first-order valence-corrected chi connectivity index (χ1v) is 2.60. The molecular weight excluding hydrogens is 120 g/mol. The summed E-state index contributed by atoms with van der Waals surface area (Å²) in [5, 5.41) is 3.28. The highest BCUT2D eigenvalue weighted by Crippen LogP contribution is 1.93. The van der Waals surface area contributed by atoms with Crippen LogP contribution in [0.25, 0.3) is 10.4 Å². The molecule has 0 radical (unpaired) electrons. The maximum absolute atomic E-state index is 7.87. The number of rotatable bonds is 2. The van der Waals surface area contributed by atoms with E-state index < -0.39 is 0 Å². The molecule has 0 saturated carbocycles. The fourth-order valence-electron chi connectivity index (χ4n) is 0.567. The lowest BCUT2D eigenvalue weighted by Crippen LogP contribution is -2.01. The van der Waals surface area contributed by atoms with Crippen LogP contribution in [-0.4, -0.2) is 25.6 Å². The van der Waals surface area contributed by atoms with Crippen molar-refractivity contribution >= 4 is 5.90 Å². The Labute approximate surface area is 52.0 Å². The molecule has 0 unspecified atom stereocenters. The predicted molar refractivity (Wildman–Crippen MR) is 32.3 cm³/mol. The van der Waals surface area contributed by atoms with Crippen LogP contribution in [-0.2, 0) is 4.74 Å². The second-order valence-electron chi connectivity index (χ2n) is 1.51. The Morgan fingerprint density at radius 2 is 2.78 bits per heavy atom. The summed E-state index contributed by atoms with van der Waals surface area (Å²) >= 11 is 0. The van der Waals surface area contributed by atoms with E-state index in [4.69, 9.17) is 10.3 Å². The van der Waals surface area contributed by atoms with Gasteiger partial charge in [0.15, 0.2) is 5.90 Å². The molecule has 0 spiro atoms. The third-order valence-electron chi connectivity index (χ3n) is 0.917. The van der Waals surface area contributed by atoms with Gasteiger partial charge in [0.2, 0.25) is 0 Å². The van der Waals surface area contributed by atoms with Crippen molar-refractivity contribution in [3.05, 3.63) is 10.4 Å². The molecule has 0 saturated heterocycles. The maximum atomic E-state index is 7.87. The summed E-state index contributed by atoms with van der Waals surface area (Å²) in [5.41, 5.74) is 7.87. The Hall–Kier alpha value is -1.22. The lowest BCUT2D eigenvalue weighted by atomic mass is 10.7.